The molecule has 1 unspecified atom stereocenters. The second-order valence-electron chi connectivity index (χ2n) is 2.42. The standard InChI is InChI=1S/C5H14N2O/c1-5(2,8)4(6)7-3/h4,7-8H,6H2,1-3H3. The van der Waals surface area contributed by atoms with Crippen molar-refractivity contribution in [1.82, 2.24) is 5.32 Å². The summed E-state index contributed by atoms with van der Waals surface area (Å²) in [5, 5.41) is 11.8. The molecule has 4 N–H and O–H groups in total. The predicted molar refractivity (Wildman–Crippen MR) is 33.3 cm³/mol. The number of nitrogens with two attached hydrogens (primary N) is 1. The number of hydrogen-bond donors (Lipinski definition) is 3. The minimum Gasteiger partial charge on any atom is -0.387 e. The van der Waals surface area contributed by atoms with Crippen LogP contribution in [-0.2, 0) is 0 Å². The van der Waals surface area contributed by atoms with E-state index < -0.39 is 5.60 Å². The van der Waals surface area contributed by atoms with Gasteiger partial charge in [-0.3, -0.25) is 0 Å². The summed E-state index contributed by atoms with van der Waals surface area (Å²) in [6.45, 7) is 3.32. The minimum atomic E-state index is -0.825. The average Bonchev–Trinajstić information content (AvgIpc) is 1.62. The highest BCUT2D eigenvalue weighted by Gasteiger charge is 2.20. The summed E-state index contributed by atoms with van der Waals surface area (Å²) >= 11 is 0. The number of nitrogens with one attached hydrogen (secondary N) is 1. The van der Waals surface area contributed by atoms with Gasteiger partial charge in [-0.2, -0.15) is 0 Å². The maximum absolute atomic E-state index is 9.10. The van der Waals surface area contributed by atoms with Crippen molar-refractivity contribution >= 4 is 0 Å². The van der Waals surface area contributed by atoms with Gasteiger partial charge >= 0.3 is 0 Å². The van der Waals surface area contributed by atoms with E-state index in [2.05, 4.69) is 5.32 Å². The summed E-state index contributed by atoms with van der Waals surface area (Å²) < 4.78 is 0. The first-order valence-corrected chi connectivity index (χ1v) is 2.63. The zero-order valence-electron chi connectivity index (χ0n) is 5.60. The maximum Gasteiger partial charge on any atom is 0.0872 e. The Morgan fingerprint density at radius 3 is 2.00 bits per heavy atom. The summed E-state index contributed by atoms with van der Waals surface area (Å²) in [5.74, 6) is 0. The highest BCUT2D eigenvalue weighted by Crippen LogP contribution is 2.01. The van der Waals surface area contributed by atoms with Crippen LogP contribution in [0.1, 0.15) is 13.8 Å². The monoisotopic (exact) mass is 118 g/mol. The summed E-state index contributed by atoms with van der Waals surface area (Å²) in [7, 11) is 1.71. The van der Waals surface area contributed by atoms with E-state index in [9.17, 15) is 0 Å². The molecule has 0 saturated carbocycles. The Balaban J connectivity index is 3.62. The quantitative estimate of drug-likeness (QED) is 0.419. The SMILES string of the molecule is CNC(N)C(C)(C)O. The molecule has 3 nitrogen and oxygen atoms in total. The lowest BCUT2D eigenvalue weighted by Gasteiger charge is -2.24. The van der Waals surface area contributed by atoms with Crippen LogP contribution in [0.4, 0.5) is 0 Å². The maximum atomic E-state index is 9.10. The van der Waals surface area contributed by atoms with Crippen LogP contribution in [0.3, 0.4) is 0 Å². The first-order chi connectivity index (χ1) is 3.48. The van der Waals surface area contributed by atoms with Crippen molar-refractivity contribution in [2.45, 2.75) is 25.6 Å². The number of hydrogen-bond acceptors (Lipinski definition) is 3. The molecular formula is C5H14N2O. The van der Waals surface area contributed by atoms with Crippen LogP contribution in [-0.4, -0.2) is 23.9 Å². The molecule has 0 saturated heterocycles. The molecule has 0 aromatic rings. The zero-order valence-corrected chi connectivity index (χ0v) is 5.60. The van der Waals surface area contributed by atoms with Gasteiger partial charge in [-0.05, 0) is 20.9 Å². The normalized spacial score (nSPS) is 16.1. The third-order valence-electron chi connectivity index (χ3n) is 1.07. The van der Waals surface area contributed by atoms with Crippen molar-refractivity contribution in [2.75, 3.05) is 7.05 Å². The van der Waals surface area contributed by atoms with Crippen molar-refractivity contribution in [3.63, 3.8) is 0 Å². The molecule has 0 aliphatic carbocycles. The molecule has 0 heterocycles. The van der Waals surface area contributed by atoms with Gasteiger partial charge in [0, 0.05) is 0 Å². The smallest absolute Gasteiger partial charge is 0.0872 e. The molecule has 0 spiro atoms. The van der Waals surface area contributed by atoms with Gasteiger partial charge in [-0.25, -0.2) is 0 Å². The molecule has 8 heavy (non-hydrogen) atoms. The summed E-state index contributed by atoms with van der Waals surface area (Å²) in [4.78, 5) is 0. The third kappa shape index (κ3) is 2.26. The molecule has 0 radical (unpaired) electrons. The van der Waals surface area contributed by atoms with Crippen LogP contribution in [0.15, 0.2) is 0 Å². The molecule has 0 fully saturated rings. The van der Waals surface area contributed by atoms with Gasteiger partial charge < -0.3 is 16.2 Å². The Morgan fingerprint density at radius 2 is 2.00 bits per heavy atom. The first-order valence-electron chi connectivity index (χ1n) is 2.63. The minimum absolute atomic E-state index is 0.345. The zero-order chi connectivity index (χ0) is 6.78. The van der Waals surface area contributed by atoms with Gasteiger partial charge in [0.1, 0.15) is 0 Å². The largest absolute Gasteiger partial charge is 0.387 e. The molecular weight excluding hydrogens is 104 g/mol. The first kappa shape index (κ1) is 7.88. The lowest BCUT2D eigenvalue weighted by Crippen LogP contribution is -2.51. The Hall–Kier alpha value is -0.120. The van der Waals surface area contributed by atoms with E-state index in [1.165, 1.54) is 0 Å². The summed E-state index contributed by atoms with van der Waals surface area (Å²) in [6, 6.07) is 0. The summed E-state index contributed by atoms with van der Waals surface area (Å²) in [6.07, 6.45) is -0.345. The fourth-order valence-electron chi connectivity index (χ4n) is 0.353. The molecule has 0 rings (SSSR count). The number of likely N-dealkylation sites (N-methyl/N-ethyl adjacent to an activating group) is 1. The van der Waals surface area contributed by atoms with Crippen LogP contribution in [0.5, 0.6) is 0 Å². The van der Waals surface area contributed by atoms with E-state index in [0.29, 0.717) is 0 Å². The van der Waals surface area contributed by atoms with Crippen LogP contribution in [0.25, 0.3) is 0 Å². The van der Waals surface area contributed by atoms with E-state index >= 15 is 0 Å². The van der Waals surface area contributed by atoms with Crippen LogP contribution in [0.2, 0.25) is 0 Å². The van der Waals surface area contributed by atoms with Gasteiger partial charge in [0.25, 0.3) is 0 Å². The van der Waals surface area contributed by atoms with Crippen LogP contribution < -0.4 is 11.1 Å². The highest BCUT2D eigenvalue weighted by atomic mass is 16.3. The van der Waals surface area contributed by atoms with E-state index in [4.69, 9.17) is 10.8 Å². The molecule has 50 valence electrons. The van der Waals surface area contributed by atoms with Crippen molar-refractivity contribution < 1.29 is 5.11 Å². The summed E-state index contributed by atoms with van der Waals surface area (Å²) in [5.41, 5.74) is 4.56. The molecule has 3 heteroatoms. The van der Waals surface area contributed by atoms with Crippen molar-refractivity contribution in [3.8, 4) is 0 Å². The van der Waals surface area contributed by atoms with E-state index in [1.54, 1.807) is 20.9 Å². The third-order valence-corrected chi connectivity index (χ3v) is 1.07. The Morgan fingerprint density at radius 1 is 1.62 bits per heavy atom. The Kier molecular flexibility index (Phi) is 2.40. The molecule has 1 atom stereocenters. The second kappa shape index (κ2) is 2.44. The fourth-order valence-corrected chi connectivity index (χ4v) is 0.353. The second-order valence-corrected chi connectivity index (χ2v) is 2.42. The topological polar surface area (TPSA) is 58.3 Å². The molecule has 0 bridgehead atoms. The molecule has 0 aromatic heterocycles. The lowest BCUT2D eigenvalue weighted by molar-refractivity contribution is 0.0428. The molecule has 0 amide bonds. The van der Waals surface area contributed by atoms with Gasteiger partial charge in [0.05, 0.1) is 11.8 Å². The molecule has 0 aliphatic rings. The molecule has 0 aliphatic heterocycles. The number of aliphatic hydroxyl groups is 1. The van der Waals surface area contributed by atoms with Crippen molar-refractivity contribution in [1.29, 1.82) is 0 Å². The van der Waals surface area contributed by atoms with E-state index in [-0.39, 0.29) is 6.17 Å². The van der Waals surface area contributed by atoms with Gasteiger partial charge in [-0.15, -0.1) is 0 Å². The lowest BCUT2D eigenvalue weighted by atomic mass is 10.1. The molecule has 0 aromatic carbocycles. The van der Waals surface area contributed by atoms with Crippen molar-refractivity contribution in [3.05, 3.63) is 0 Å². The highest BCUT2D eigenvalue weighted by molar-refractivity contribution is 4.76. The predicted octanol–water partition coefficient (Wildman–Crippen LogP) is -0.738. The van der Waals surface area contributed by atoms with Gasteiger partial charge in [-0.1, -0.05) is 0 Å². The van der Waals surface area contributed by atoms with E-state index in [1.807, 2.05) is 0 Å². The number of rotatable bonds is 2. The van der Waals surface area contributed by atoms with Crippen molar-refractivity contribution in [2.24, 2.45) is 5.73 Å². The Bertz CT molecular complexity index is 67.3. The average molecular weight is 118 g/mol. The van der Waals surface area contributed by atoms with Gasteiger partial charge in [0.2, 0.25) is 0 Å². The van der Waals surface area contributed by atoms with Gasteiger partial charge in [0.15, 0.2) is 0 Å². The van der Waals surface area contributed by atoms with Crippen LogP contribution >= 0.6 is 0 Å². The Labute approximate surface area is 49.9 Å². The van der Waals surface area contributed by atoms with Crippen LogP contribution in [0, 0.1) is 0 Å². The fraction of sp³-hybridized carbons (Fsp3) is 1.00. The van der Waals surface area contributed by atoms with E-state index in [0.717, 1.165) is 0 Å².